The first-order valence-electron chi connectivity index (χ1n) is 10.0. The summed E-state index contributed by atoms with van der Waals surface area (Å²) in [6.45, 7) is 3.06. The number of pyridine rings is 2. The molecule has 0 spiro atoms. The number of carbonyl (C=O) groups excluding carboxylic acids is 1. The van der Waals surface area contributed by atoms with E-state index in [4.69, 9.17) is 9.47 Å². The first kappa shape index (κ1) is 19.1. The quantitative estimate of drug-likeness (QED) is 0.626. The lowest BCUT2D eigenvalue weighted by Crippen LogP contribution is -2.16. The van der Waals surface area contributed by atoms with Crippen LogP contribution in [0.25, 0.3) is 10.9 Å². The highest BCUT2D eigenvalue weighted by atomic mass is 16.6. The zero-order valence-electron chi connectivity index (χ0n) is 17.1. The molecule has 1 aliphatic carbocycles. The fraction of sp³-hybridized carbons (Fsp3) is 0.318. The molecule has 1 aliphatic heterocycles. The molecule has 4 heterocycles. The lowest BCUT2D eigenvalue weighted by molar-refractivity contribution is -0.117. The number of hydrogen-bond acceptors (Lipinski definition) is 8. The van der Waals surface area contributed by atoms with Crippen molar-refractivity contribution in [3.63, 3.8) is 0 Å². The summed E-state index contributed by atoms with van der Waals surface area (Å²) >= 11 is 0. The van der Waals surface area contributed by atoms with Crippen LogP contribution in [0.3, 0.4) is 0 Å². The summed E-state index contributed by atoms with van der Waals surface area (Å²) in [6, 6.07) is 3.53. The predicted molar refractivity (Wildman–Crippen MR) is 114 cm³/mol. The van der Waals surface area contributed by atoms with Crippen molar-refractivity contribution in [3.8, 4) is 23.3 Å². The summed E-state index contributed by atoms with van der Waals surface area (Å²) < 4.78 is 11.1. The van der Waals surface area contributed by atoms with Crippen LogP contribution in [0, 0.1) is 23.7 Å². The largest absolute Gasteiger partial charge is 0.486 e. The van der Waals surface area contributed by atoms with Gasteiger partial charge in [-0.15, -0.1) is 10.2 Å². The van der Waals surface area contributed by atoms with Crippen LogP contribution in [0.15, 0.2) is 24.5 Å². The monoisotopic (exact) mass is 416 g/mol. The van der Waals surface area contributed by atoms with Crippen molar-refractivity contribution in [2.75, 3.05) is 30.9 Å². The minimum Gasteiger partial charge on any atom is -0.486 e. The first-order valence-corrected chi connectivity index (χ1v) is 10.0. The van der Waals surface area contributed by atoms with E-state index in [1.165, 1.54) is 0 Å². The Morgan fingerprint density at radius 2 is 1.90 bits per heavy atom. The Morgan fingerprint density at radius 1 is 1.10 bits per heavy atom. The lowest BCUT2D eigenvalue weighted by Gasteiger charge is -2.17. The molecule has 1 amide bonds. The number of anilines is 2. The van der Waals surface area contributed by atoms with Gasteiger partial charge in [-0.3, -0.25) is 4.79 Å². The average Bonchev–Trinajstić information content (AvgIpc) is 3.54. The lowest BCUT2D eigenvalue weighted by atomic mass is 10.1. The van der Waals surface area contributed by atoms with Crippen LogP contribution in [0.5, 0.6) is 11.5 Å². The summed E-state index contributed by atoms with van der Waals surface area (Å²) in [6.07, 6.45) is 4.17. The molecule has 0 saturated heterocycles. The fourth-order valence-electron chi connectivity index (χ4n) is 3.43. The predicted octanol–water partition coefficient (Wildman–Crippen LogP) is 2.23. The third-order valence-corrected chi connectivity index (χ3v) is 5.32. The number of fused-ring (bicyclic) bond motifs is 2. The van der Waals surface area contributed by atoms with Gasteiger partial charge >= 0.3 is 0 Å². The Bertz CT molecular complexity index is 1250. The number of amides is 1. The summed E-state index contributed by atoms with van der Waals surface area (Å²) in [7, 11) is 1.76. The van der Waals surface area contributed by atoms with Crippen molar-refractivity contribution in [1.82, 2.24) is 20.2 Å². The summed E-state index contributed by atoms with van der Waals surface area (Å²) in [5.41, 5.74) is 1.77. The Hall–Kier alpha value is -3.93. The van der Waals surface area contributed by atoms with E-state index in [2.05, 4.69) is 49.6 Å². The fourth-order valence-corrected chi connectivity index (χ4v) is 3.43. The van der Waals surface area contributed by atoms with Gasteiger partial charge in [-0.2, -0.15) is 0 Å². The number of nitrogens with one attached hydrogen (secondary N) is 2. The zero-order valence-corrected chi connectivity index (χ0v) is 17.1. The molecule has 31 heavy (non-hydrogen) atoms. The SMILES string of the molecule is CNc1ncc(C#Cc2cc3c(cn2)OCCO3)c2cc(NC(=O)[C@H]3C[C@H]3C)nnc12. The van der Waals surface area contributed by atoms with Crippen molar-refractivity contribution < 1.29 is 14.3 Å². The zero-order chi connectivity index (χ0) is 21.4. The molecule has 3 aromatic rings. The van der Waals surface area contributed by atoms with Gasteiger partial charge in [0.15, 0.2) is 23.1 Å². The third-order valence-electron chi connectivity index (χ3n) is 5.32. The summed E-state index contributed by atoms with van der Waals surface area (Å²) in [5, 5.41) is 15.0. The van der Waals surface area contributed by atoms with E-state index in [-0.39, 0.29) is 11.8 Å². The number of carbonyl (C=O) groups is 1. The molecule has 1 saturated carbocycles. The first-order chi connectivity index (χ1) is 15.1. The van der Waals surface area contributed by atoms with Gasteiger partial charge in [0.2, 0.25) is 5.91 Å². The molecule has 9 heteroatoms. The molecular weight excluding hydrogens is 396 g/mol. The van der Waals surface area contributed by atoms with Gasteiger partial charge < -0.3 is 20.1 Å². The van der Waals surface area contributed by atoms with Crippen molar-refractivity contribution in [1.29, 1.82) is 0 Å². The Balaban J connectivity index is 1.50. The van der Waals surface area contributed by atoms with Crippen molar-refractivity contribution in [3.05, 3.63) is 35.8 Å². The highest BCUT2D eigenvalue weighted by molar-refractivity contribution is 5.97. The standard InChI is InChI=1S/C22H20N6O3/c1-12-7-15(12)22(29)26-19-9-16-13(10-25-21(23-2)20(16)28-27-19)3-4-14-8-17-18(11-24-14)31-6-5-30-17/h8-12,15H,5-7H2,1-2H3,(H,23,25)(H,26,27,29)/t12-,15+/m1/s1. The molecule has 0 bridgehead atoms. The topological polar surface area (TPSA) is 111 Å². The second kappa shape index (κ2) is 7.72. The van der Waals surface area contributed by atoms with Gasteiger partial charge in [0.1, 0.15) is 24.4 Å². The van der Waals surface area contributed by atoms with E-state index in [9.17, 15) is 4.79 Å². The second-order valence-corrected chi connectivity index (χ2v) is 7.53. The molecule has 0 radical (unpaired) electrons. The summed E-state index contributed by atoms with van der Waals surface area (Å²) in [4.78, 5) is 21.0. The normalized spacial score (nSPS) is 18.6. The van der Waals surface area contributed by atoms with E-state index in [1.54, 1.807) is 31.6 Å². The minimum absolute atomic E-state index is 0.0304. The Morgan fingerprint density at radius 3 is 2.68 bits per heavy atom. The van der Waals surface area contributed by atoms with Gasteiger partial charge in [-0.1, -0.05) is 12.8 Å². The average molecular weight is 416 g/mol. The van der Waals surface area contributed by atoms with Gasteiger partial charge in [0, 0.05) is 30.6 Å². The number of nitrogens with zero attached hydrogens (tertiary/aromatic N) is 4. The van der Waals surface area contributed by atoms with Gasteiger partial charge in [-0.25, -0.2) is 9.97 Å². The molecule has 2 N–H and O–H groups in total. The third kappa shape index (κ3) is 3.80. The maximum absolute atomic E-state index is 12.3. The molecule has 1 fully saturated rings. The second-order valence-electron chi connectivity index (χ2n) is 7.53. The van der Waals surface area contributed by atoms with Crippen LogP contribution in [-0.4, -0.2) is 46.3 Å². The van der Waals surface area contributed by atoms with E-state index in [1.807, 2.05) is 0 Å². The van der Waals surface area contributed by atoms with E-state index in [0.29, 0.717) is 59.0 Å². The summed E-state index contributed by atoms with van der Waals surface area (Å²) in [5.74, 6) is 8.79. The van der Waals surface area contributed by atoms with E-state index >= 15 is 0 Å². The minimum atomic E-state index is -0.0304. The van der Waals surface area contributed by atoms with Crippen LogP contribution < -0.4 is 20.1 Å². The van der Waals surface area contributed by atoms with Crippen molar-refractivity contribution in [2.45, 2.75) is 13.3 Å². The molecule has 0 unspecified atom stereocenters. The van der Waals surface area contributed by atoms with Crippen LogP contribution in [0.4, 0.5) is 11.6 Å². The van der Waals surface area contributed by atoms with Crippen molar-refractivity contribution in [2.24, 2.45) is 11.8 Å². The number of hydrogen-bond donors (Lipinski definition) is 2. The molecule has 5 rings (SSSR count). The number of rotatable bonds is 3. The van der Waals surface area contributed by atoms with E-state index in [0.717, 1.165) is 11.8 Å². The maximum atomic E-state index is 12.3. The van der Waals surface area contributed by atoms with Gasteiger partial charge in [0.05, 0.1) is 11.8 Å². The van der Waals surface area contributed by atoms with E-state index < -0.39 is 0 Å². The highest BCUT2D eigenvalue weighted by Crippen LogP contribution is 2.38. The molecule has 9 nitrogen and oxygen atoms in total. The molecular formula is C22H20N6O3. The van der Waals surface area contributed by atoms with Gasteiger partial charge in [-0.05, 0) is 24.3 Å². The maximum Gasteiger partial charge on any atom is 0.228 e. The molecule has 2 atom stereocenters. The van der Waals surface area contributed by atoms with Crippen LogP contribution in [-0.2, 0) is 4.79 Å². The van der Waals surface area contributed by atoms with Crippen LogP contribution in [0.1, 0.15) is 24.6 Å². The van der Waals surface area contributed by atoms with Crippen LogP contribution >= 0.6 is 0 Å². The van der Waals surface area contributed by atoms with Gasteiger partial charge in [0.25, 0.3) is 0 Å². The molecule has 0 aromatic carbocycles. The van der Waals surface area contributed by atoms with Crippen molar-refractivity contribution >= 4 is 28.4 Å². The molecule has 2 aliphatic rings. The smallest absolute Gasteiger partial charge is 0.228 e. The number of ether oxygens (including phenoxy) is 2. The number of aromatic nitrogens is 4. The Kier molecular flexibility index (Phi) is 4.75. The highest BCUT2D eigenvalue weighted by Gasteiger charge is 2.39. The van der Waals surface area contributed by atoms with Crippen LogP contribution in [0.2, 0.25) is 0 Å². The molecule has 156 valence electrons. The Labute approximate surface area is 178 Å². The molecule has 3 aromatic heterocycles.